The van der Waals surface area contributed by atoms with Gasteiger partial charge in [-0.1, -0.05) is 116 Å². The van der Waals surface area contributed by atoms with E-state index in [1.54, 1.807) is 12.4 Å². The molecule has 0 spiro atoms. The summed E-state index contributed by atoms with van der Waals surface area (Å²) in [5, 5.41) is 0. The van der Waals surface area contributed by atoms with E-state index < -0.39 is 6.17 Å². The van der Waals surface area contributed by atoms with Crippen molar-refractivity contribution < 1.29 is 9.13 Å². The number of nitrogens with zero attached hydrogens (tertiary/aromatic N) is 2. The Morgan fingerprint density at radius 2 is 1.32 bits per heavy atom. The van der Waals surface area contributed by atoms with Crippen LogP contribution in [-0.2, 0) is 6.42 Å². The molecular weight excluding hydrogens is 423 g/mol. The largest absolute Gasteiger partial charge is 0.487 e. The Morgan fingerprint density at radius 1 is 0.765 bits per heavy atom. The maximum absolute atomic E-state index is 14.2. The van der Waals surface area contributed by atoms with Crippen LogP contribution in [0.4, 0.5) is 4.39 Å². The van der Waals surface area contributed by atoms with Gasteiger partial charge >= 0.3 is 0 Å². The topological polar surface area (TPSA) is 35.0 Å². The number of rotatable bonds is 19. The second kappa shape index (κ2) is 17.5. The van der Waals surface area contributed by atoms with Gasteiger partial charge in [-0.3, -0.25) is 0 Å². The number of halogens is 1. The van der Waals surface area contributed by atoms with Gasteiger partial charge in [0.25, 0.3) is 0 Å². The minimum Gasteiger partial charge on any atom is -0.487 e. The van der Waals surface area contributed by atoms with Crippen LogP contribution in [0.25, 0.3) is 11.4 Å². The zero-order valence-electron chi connectivity index (χ0n) is 21.9. The minimum atomic E-state index is -0.964. The molecule has 0 bridgehead atoms. The highest BCUT2D eigenvalue weighted by Crippen LogP contribution is 2.20. The summed E-state index contributed by atoms with van der Waals surface area (Å²) in [6.45, 7) is 6.40. The fourth-order valence-corrected chi connectivity index (χ4v) is 4.22. The predicted octanol–water partition coefficient (Wildman–Crippen LogP) is 9.15. The van der Waals surface area contributed by atoms with Gasteiger partial charge in [-0.15, -0.1) is 0 Å². The number of hydrogen-bond acceptors (Lipinski definition) is 3. The van der Waals surface area contributed by atoms with Crippen LogP contribution in [0.3, 0.4) is 0 Å². The molecule has 1 heterocycles. The monoisotopic (exact) mass is 470 g/mol. The van der Waals surface area contributed by atoms with Gasteiger partial charge in [-0.05, 0) is 30.7 Å². The Kier molecular flexibility index (Phi) is 14.5. The summed E-state index contributed by atoms with van der Waals surface area (Å²) in [6.07, 6.45) is 20.1. The summed E-state index contributed by atoms with van der Waals surface area (Å²) in [5.41, 5.74) is 2.37. The number of hydrogen-bond donors (Lipinski definition) is 0. The van der Waals surface area contributed by atoms with Crippen molar-refractivity contribution in [3.05, 3.63) is 42.2 Å². The first kappa shape index (κ1) is 28.3. The summed E-state index contributed by atoms with van der Waals surface area (Å²) in [4.78, 5) is 8.84. The lowest BCUT2D eigenvalue weighted by atomic mass is 10.00. The Balaban J connectivity index is 1.65. The van der Waals surface area contributed by atoms with Crippen LogP contribution in [0, 0.1) is 5.92 Å². The Bertz CT molecular complexity index is 747. The summed E-state index contributed by atoms with van der Waals surface area (Å²) in [7, 11) is 0. The molecule has 2 atom stereocenters. The molecule has 0 radical (unpaired) electrons. The van der Waals surface area contributed by atoms with Crippen molar-refractivity contribution >= 4 is 0 Å². The van der Waals surface area contributed by atoms with Gasteiger partial charge in [0.15, 0.2) is 11.6 Å². The van der Waals surface area contributed by atoms with Crippen LogP contribution in [0.15, 0.2) is 36.7 Å². The smallest absolute Gasteiger partial charge is 0.159 e. The molecule has 4 heteroatoms. The molecule has 2 unspecified atom stereocenters. The lowest BCUT2D eigenvalue weighted by Gasteiger charge is -2.16. The fraction of sp³-hybridized carbons (Fsp3) is 0.667. The van der Waals surface area contributed by atoms with Crippen LogP contribution >= 0.6 is 0 Å². The van der Waals surface area contributed by atoms with Crippen LogP contribution in [0.5, 0.6) is 5.75 Å². The van der Waals surface area contributed by atoms with Crippen molar-refractivity contribution in [2.45, 2.75) is 117 Å². The highest BCUT2D eigenvalue weighted by atomic mass is 19.1. The molecule has 0 aliphatic heterocycles. The molecule has 0 amide bonds. The summed E-state index contributed by atoms with van der Waals surface area (Å²) >= 11 is 0. The molecule has 190 valence electrons. The van der Waals surface area contributed by atoms with Crippen LogP contribution in [0.1, 0.15) is 110 Å². The number of aromatic nitrogens is 2. The van der Waals surface area contributed by atoms with Crippen molar-refractivity contribution in [2.75, 3.05) is 6.61 Å². The van der Waals surface area contributed by atoms with Crippen molar-refractivity contribution in [3.8, 4) is 17.1 Å². The van der Waals surface area contributed by atoms with Gasteiger partial charge in [-0.25, -0.2) is 14.4 Å². The number of unbranched alkanes of at least 4 members (excludes halogenated alkanes) is 10. The Morgan fingerprint density at radius 3 is 1.91 bits per heavy atom. The number of aryl methyl sites for hydroxylation is 1. The van der Waals surface area contributed by atoms with Gasteiger partial charge in [0.05, 0.1) is 12.4 Å². The van der Waals surface area contributed by atoms with Gasteiger partial charge in [0.1, 0.15) is 12.8 Å². The summed E-state index contributed by atoms with van der Waals surface area (Å²) < 4.78 is 19.8. The Labute approximate surface area is 208 Å². The molecule has 0 saturated carbocycles. The van der Waals surface area contributed by atoms with Crippen LogP contribution < -0.4 is 4.74 Å². The zero-order chi connectivity index (χ0) is 24.4. The number of ether oxygens (including phenoxy) is 1. The van der Waals surface area contributed by atoms with E-state index in [-0.39, 0.29) is 12.5 Å². The van der Waals surface area contributed by atoms with Crippen molar-refractivity contribution in [1.29, 1.82) is 0 Å². The summed E-state index contributed by atoms with van der Waals surface area (Å²) in [5.74, 6) is 1.21. The molecule has 3 nitrogen and oxygen atoms in total. The van der Waals surface area contributed by atoms with Gasteiger partial charge in [0, 0.05) is 5.56 Å². The molecular formula is C30H47FN2O. The third-order valence-electron chi connectivity index (χ3n) is 6.70. The van der Waals surface area contributed by atoms with E-state index in [1.807, 2.05) is 6.92 Å². The highest BCUT2D eigenvalue weighted by Gasteiger charge is 2.16. The van der Waals surface area contributed by atoms with Gasteiger partial charge < -0.3 is 4.74 Å². The van der Waals surface area contributed by atoms with Gasteiger partial charge in [-0.2, -0.15) is 0 Å². The average molecular weight is 471 g/mol. The van der Waals surface area contributed by atoms with Crippen LogP contribution in [-0.4, -0.2) is 22.7 Å². The predicted molar refractivity (Wildman–Crippen MR) is 142 cm³/mol. The van der Waals surface area contributed by atoms with Crippen molar-refractivity contribution in [1.82, 2.24) is 9.97 Å². The van der Waals surface area contributed by atoms with Crippen molar-refractivity contribution in [3.63, 3.8) is 0 Å². The normalized spacial score (nSPS) is 13.1. The molecule has 0 fully saturated rings. The maximum Gasteiger partial charge on any atom is 0.159 e. The van der Waals surface area contributed by atoms with E-state index in [0.717, 1.165) is 31.2 Å². The average Bonchev–Trinajstić information content (AvgIpc) is 2.87. The zero-order valence-corrected chi connectivity index (χ0v) is 21.9. The molecule has 0 N–H and O–H groups in total. The van der Waals surface area contributed by atoms with E-state index in [4.69, 9.17) is 4.74 Å². The number of alkyl halides is 1. The molecule has 1 aromatic heterocycles. The second-order valence-electron chi connectivity index (χ2n) is 9.82. The van der Waals surface area contributed by atoms with E-state index >= 15 is 0 Å². The first-order valence-electron chi connectivity index (χ1n) is 13.8. The SMILES string of the molecule is CCCCCCCCCCCCc1ccc(-c2ncc(OCC(F)C(C)CCCC)cn2)cc1. The first-order valence-corrected chi connectivity index (χ1v) is 13.8. The van der Waals surface area contributed by atoms with Gasteiger partial charge in [0.2, 0.25) is 0 Å². The van der Waals surface area contributed by atoms with E-state index in [0.29, 0.717) is 11.6 Å². The van der Waals surface area contributed by atoms with E-state index in [2.05, 4.69) is 48.1 Å². The first-order chi connectivity index (χ1) is 16.6. The molecule has 34 heavy (non-hydrogen) atoms. The standard InChI is InChI=1S/C30H47FN2O/c1-4-6-8-9-10-11-12-13-14-15-17-26-18-20-27(21-19-26)30-32-22-28(23-33-30)34-24-29(31)25(3)16-7-5-2/h18-23,25,29H,4-17,24H2,1-3H3. The summed E-state index contributed by atoms with van der Waals surface area (Å²) in [6, 6.07) is 8.55. The quantitative estimate of drug-likeness (QED) is 0.192. The minimum absolute atomic E-state index is 0.0129. The molecule has 2 aromatic rings. The third-order valence-corrected chi connectivity index (χ3v) is 6.70. The van der Waals surface area contributed by atoms with Crippen molar-refractivity contribution in [2.24, 2.45) is 5.92 Å². The maximum atomic E-state index is 14.2. The molecule has 0 saturated heterocycles. The number of benzene rings is 1. The van der Waals surface area contributed by atoms with E-state index in [1.165, 1.54) is 69.8 Å². The third kappa shape index (κ3) is 11.4. The molecule has 1 aromatic carbocycles. The van der Waals surface area contributed by atoms with E-state index in [9.17, 15) is 4.39 Å². The fourth-order valence-electron chi connectivity index (χ4n) is 4.22. The molecule has 2 rings (SSSR count). The lowest BCUT2D eigenvalue weighted by Crippen LogP contribution is -2.21. The molecule has 0 aliphatic carbocycles. The van der Waals surface area contributed by atoms with Crippen LogP contribution in [0.2, 0.25) is 0 Å². The Hall–Kier alpha value is -1.97. The second-order valence-corrected chi connectivity index (χ2v) is 9.82. The molecule has 0 aliphatic rings. The highest BCUT2D eigenvalue weighted by molar-refractivity contribution is 5.55. The lowest BCUT2D eigenvalue weighted by molar-refractivity contribution is 0.141.